The Morgan fingerprint density at radius 1 is 1.05 bits per heavy atom. The quantitative estimate of drug-likeness (QED) is 0.151. The second kappa shape index (κ2) is 16.6. The fourth-order valence-corrected chi connectivity index (χ4v) is 7.88. The number of fused-ring (bicyclic) bond motifs is 1. The van der Waals surface area contributed by atoms with E-state index in [2.05, 4.69) is 25.3 Å². The Morgan fingerprint density at radius 2 is 1.82 bits per heavy atom. The normalized spacial score (nSPS) is 15.0. The Kier molecular flexibility index (Phi) is 11.8. The van der Waals surface area contributed by atoms with Crippen molar-refractivity contribution in [2.24, 2.45) is 9.98 Å². The molecule has 2 aliphatic heterocycles. The van der Waals surface area contributed by atoms with E-state index in [-0.39, 0.29) is 23.0 Å². The highest BCUT2D eigenvalue weighted by Crippen LogP contribution is 2.33. The molecule has 2 amide bonds. The summed E-state index contributed by atoms with van der Waals surface area (Å²) in [6.45, 7) is 4.32. The number of nitriles is 1. The number of aliphatic imine (C=N–C) groups is 2. The molecule has 14 nitrogen and oxygen atoms in total. The van der Waals surface area contributed by atoms with Gasteiger partial charge in [-0.3, -0.25) is 19.7 Å². The third kappa shape index (κ3) is 9.50. The Morgan fingerprint density at radius 3 is 2.51 bits per heavy atom. The molecule has 2 aromatic heterocycles. The number of halogens is 3. The summed E-state index contributed by atoms with van der Waals surface area (Å²) in [5.41, 5.74) is -1.02. The lowest BCUT2D eigenvalue weighted by atomic mass is 9.94. The lowest BCUT2D eigenvalue weighted by molar-refractivity contribution is -0.138. The van der Waals surface area contributed by atoms with Crippen LogP contribution in [0.1, 0.15) is 60.0 Å². The molecule has 0 fully saturated rings. The van der Waals surface area contributed by atoms with Gasteiger partial charge in [0.25, 0.3) is 0 Å². The van der Waals surface area contributed by atoms with Crippen LogP contribution in [0, 0.1) is 18.3 Å². The molecule has 18 heteroatoms. The zero-order chi connectivity index (χ0) is 41.0. The number of carbonyl (C=O) groups is 2. The minimum atomic E-state index is -4.84. The second-order valence-corrected chi connectivity index (χ2v) is 15.6. The van der Waals surface area contributed by atoms with Gasteiger partial charge in [0, 0.05) is 30.4 Å². The number of hydrogen-bond donors (Lipinski definition) is 2. The van der Waals surface area contributed by atoms with Gasteiger partial charge in [-0.1, -0.05) is 6.07 Å². The van der Waals surface area contributed by atoms with Crippen LogP contribution in [0.5, 0.6) is 5.75 Å². The molecule has 2 aromatic carbocycles. The van der Waals surface area contributed by atoms with Crippen LogP contribution in [-0.4, -0.2) is 83.4 Å². The molecule has 0 bridgehead atoms. The zero-order valence-electron chi connectivity index (χ0n) is 30.9. The van der Waals surface area contributed by atoms with Crippen LogP contribution in [0.2, 0.25) is 0 Å². The van der Waals surface area contributed by atoms with E-state index in [0.717, 1.165) is 30.3 Å². The predicted octanol–water partition coefficient (Wildman–Crippen LogP) is 5.18. The number of aromatic nitrogens is 3. The topological polar surface area (TPSA) is 200 Å². The van der Waals surface area contributed by atoms with Gasteiger partial charge in [-0.05, 0) is 87.2 Å². The van der Waals surface area contributed by atoms with E-state index in [9.17, 15) is 36.3 Å². The van der Waals surface area contributed by atoms with Crippen LogP contribution in [0.4, 0.5) is 23.8 Å². The maximum atomic E-state index is 13.4. The highest BCUT2D eigenvalue weighted by molar-refractivity contribution is 7.91. The molecule has 0 saturated heterocycles. The number of aliphatic hydroxyl groups is 1. The number of amides is 2. The third-order valence-electron chi connectivity index (χ3n) is 9.29. The molecule has 1 atom stereocenters. The van der Waals surface area contributed by atoms with Crippen molar-refractivity contribution in [1.82, 2.24) is 20.3 Å². The number of ketones is 1. The number of unbranched alkanes of at least 4 members (excludes halogenated alkanes) is 2. The number of Topliss-reactive ketones (excluding diaryl/α,β-unsaturated/α-hetero) is 1. The van der Waals surface area contributed by atoms with Crippen LogP contribution in [0.3, 0.4) is 0 Å². The van der Waals surface area contributed by atoms with Crippen molar-refractivity contribution in [2.75, 3.05) is 30.3 Å². The zero-order valence-corrected chi connectivity index (χ0v) is 31.7. The maximum absolute atomic E-state index is 13.4. The summed E-state index contributed by atoms with van der Waals surface area (Å²) in [6, 6.07) is 13.0. The average molecular weight is 803 g/mol. The predicted molar refractivity (Wildman–Crippen MR) is 203 cm³/mol. The van der Waals surface area contributed by atoms with Crippen LogP contribution < -0.4 is 15.0 Å². The highest BCUT2D eigenvalue weighted by atomic mass is 32.2. The SMILES string of the molecule is Cc1nc(C2=NCC=N2)ccc1-c1cnc2c(n1)N(CCCCCOc1ccc(S(=O)(=O)C[C@](C)(O)C(=O)Cc3ccc(C#N)c(C(F)(F)F)c3)cc1)C(=O)NC2. The monoisotopic (exact) mass is 802 g/mol. The largest absolute Gasteiger partial charge is 0.494 e. The van der Waals surface area contributed by atoms with Crippen LogP contribution >= 0.6 is 0 Å². The maximum Gasteiger partial charge on any atom is 0.417 e. The number of urea groups is 1. The summed E-state index contributed by atoms with van der Waals surface area (Å²) in [4.78, 5) is 49.7. The van der Waals surface area contributed by atoms with E-state index in [1.165, 1.54) is 30.3 Å². The van der Waals surface area contributed by atoms with Gasteiger partial charge < -0.3 is 15.2 Å². The summed E-state index contributed by atoms with van der Waals surface area (Å²) in [6.07, 6.45) is -0.200. The molecule has 0 spiro atoms. The third-order valence-corrected chi connectivity index (χ3v) is 11.2. The minimum Gasteiger partial charge on any atom is -0.494 e. The Labute approximate surface area is 326 Å². The van der Waals surface area contributed by atoms with Crippen molar-refractivity contribution in [3.05, 3.63) is 94.6 Å². The molecule has 4 heterocycles. The molecular weight excluding hydrogens is 766 g/mol. The molecular formula is C39H37F3N8O6S. The van der Waals surface area contributed by atoms with E-state index in [0.29, 0.717) is 79.5 Å². The van der Waals surface area contributed by atoms with Gasteiger partial charge >= 0.3 is 12.2 Å². The number of benzene rings is 2. The minimum absolute atomic E-state index is 0.131. The Bertz CT molecular complexity index is 2410. The average Bonchev–Trinajstić information content (AvgIpc) is 3.72. The number of nitrogens with one attached hydrogen (secondary N) is 1. The second-order valence-electron chi connectivity index (χ2n) is 13.6. The summed E-state index contributed by atoms with van der Waals surface area (Å²) in [7, 11) is -4.22. The lowest BCUT2D eigenvalue weighted by Crippen LogP contribution is -2.45. The number of nitrogens with zero attached hydrogens (tertiary/aromatic N) is 7. The van der Waals surface area contributed by atoms with Gasteiger partial charge in [0.15, 0.2) is 27.3 Å². The van der Waals surface area contributed by atoms with Crippen molar-refractivity contribution in [2.45, 2.75) is 62.7 Å². The number of hydrogen-bond acceptors (Lipinski definition) is 12. The Balaban J connectivity index is 0.988. The fraction of sp³-hybridized carbons (Fsp3) is 0.333. The number of rotatable bonds is 15. The van der Waals surface area contributed by atoms with Gasteiger partial charge in [0.05, 0.1) is 59.4 Å². The molecule has 2 N–H and O–H groups in total. The van der Waals surface area contributed by atoms with Gasteiger partial charge in [-0.2, -0.15) is 18.4 Å². The number of amidine groups is 1. The molecule has 6 rings (SSSR count). The van der Waals surface area contributed by atoms with Crippen LogP contribution in [-0.2, 0) is 33.8 Å². The summed E-state index contributed by atoms with van der Waals surface area (Å²) < 4.78 is 72.1. The molecule has 57 heavy (non-hydrogen) atoms. The first-order valence-electron chi connectivity index (χ1n) is 17.8. The standard InChI is InChI=1S/C39H37F3N8O6S/c1-24-29(12-13-31(48-24)35-44-14-15-45-35)32-21-46-33-22-47-37(52)50(36(33)49-32)16-4-3-5-17-56-27-8-10-28(11-9-27)57(54,55)23-38(2,53)34(51)19-25-6-7-26(20-43)30(18-25)39(40,41)42/h6-14,18,21,53H,3-5,15-17,19,22-23H2,1-2H3,(H,47,52)/t38-/m0/s1. The number of carbonyl (C=O) groups excluding carboxylic acids is 2. The first kappa shape index (κ1) is 40.6. The lowest BCUT2D eigenvalue weighted by Gasteiger charge is -2.28. The van der Waals surface area contributed by atoms with Gasteiger partial charge in [-0.25, -0.2) is 28.2 Å². The molecule has 2 aliphatic rings. The molecule has 0 saturated carbocycles. The van der Waals surface area contributed by atoms with E-state index in [1.807, 2.05) is 19.1 Å². The molecule has 0 radical (unpaired) electrons. The smallest absolute Gasteiger partial charge is 0.417 e. The Hall–Kier alpha value is -6.06. The van der Waals surface area contributed by atoms with Crippen molar-refractivity contribution >= 4 is 39.5 Å². The number of anilines is 1. The van der Waals surface area contributed by atoms with Gasteiger partial charge in [-0.15, -0.1) is 0 Å². The van der Waals surface area contributed by atoms with Gasteiger partial charge in [0.1, 0.15) is 22.7 Å². The van der Waals surface area contributed by atoms with Crippen molar-refractivity contribution in [3.63, 3.8) is 0 Å². The van der Waals surface area contributed by atoms with Crippen LogP contribution in [0.15, 0.2) is 75.7 Å². The molecule has 296 valence electrons. The van der Waals surface area contributed by atoms with E-state index in [1.54, 1.807) is 17.3 Å². The highest BCUT2D eigenvalue weighted by Gasteiger charge is 2.38. The van der Waals surface area contributed by atoms with E-state index < -0.39 is 50.7 Å². The van der Waals surface area contributed by atoms with Crippen LogP contribution in [0.25, 0.3) is 11.3 Å². The molecule has 0 aliphatic carbocycles. The number of aryl methyl sites for hydroxylation is 1. The van der Waals surface area contributed by atoms with Crippen molar-refractivity contribution < 1.29 is 41.0 Å². The number of alkyl halides is 3. The summed E-state index contributed by atoms with van der Waals surface area (Å²) in [5, 5.41) is 22.6. The number of sulfone groups is 1. The number of pyridine rings is 1. The first-order valence-corrected chi connectivity index (χ1v) is 19.5. The van der Waals surface area contributed by atoms with E-state index >= 15 is 0 Å². The fourth-order valence-electron chi connectivity index (χ4n) is 6.26. The van der Waals surface area contributed by atoms with Crippen molar-refractivity contribution in [1.29, 1.82) is 5.26 Å². The molecule has 0 unspecified atom stereocenters. The van der Waals surface area contributed by atoms with Crippen molar-refractivity contribution in [3.8, 4) is 23.1 Å². The summed E-state index contributed by atoms with van der Waals surface area (Å²) >= 11 is 0. The molecule has 4 aromatic rings. The number of ether oxygens (including phenoxy) is 1. The van der Waals surface area contributed by atoms with E-state index in [4.69, 9.17) is 15.0 Å². The first-order chi connectivity index (χ1) is 27.1. The van der Waals surface area contributed by atoms with Gasteiger partial charge in [0.2, 0.25) is 0 Å². The summed E-state index contributed by atoms with van der Waals surface area (Å²) in [5.74, 6) is -0.577.